The third-order valence-corrected chi connectivity index (χ3v) is 5.03. The molecule has 10 heteroatoms. The van der Waals surface area contributed by atoms with E-state index in [-0.39, 0.29) is 23.8 Å². The number of aromatic nitrogens is 2. The number of benzene rings is 1. The van der Waals surface area contributed by atoms with Gasteiger partial charge in [0.2, 0.25) is 5.91 Å². The maximum absolute atomic E-state index is 12.5. The number of methoxy groups -OCH3 is 1. The largest absolute Gasteiger partial charge is 0.469 e. The van der Waals surface area contributed by atoms with Crippen LogP contribution in [0.4, 0.5) is 11.5 Å². The number of hydrogen-bond acceptors (Lipinski definition) is 7. The summed E-state index contributed by atoms with van der Waals surface area (Å²) in [7, 11) is 2.83. The third kappa shape index (κ3) is 4.17. The normalized spacial score (nSPS) is 18.0. The number of ether oxygens (including phenoxy) is 1. The molecule has 0 spiro atoms. The molecule has 1 aromatic heterocycles. The summed E-state index contributed by atoms with van der Waals surface area (Å²) >= 11 is 1.13. The van der Waals surface area contributed by atoms with Gasteiger partial charge in [-0.05, 0) is 12.1 Å². The van der Waals surface area contributed by atoms with Gasteiger partial charge in [-0.1, -0.05) is 30.0 Å². The Labute approximate surface area is 159 Å². The summed E-state index contributed by atoms with van der Waals surface area (Å²) in [5.41, 5.74) is 0.806. The van der Waals surface area contributed by atoms with Crippen molar-refractivity contribution in [3.63, 3.8) is 0 Å². The number of aromatic amines is 1. The highest BCUT2D eigenvalue weighted by Crippen LogP contribution is 2.31. The second-order valence-electron chi connectivity index (χ2n) is 5.60. The molecule has 2 amide bonds. The Kier molecular flexibility index (Phi) is 5.55. The van der Waals surface area contributed by atoms with E-state index in [1.165, 1.54) is 18.3 Å². The minimum atomic E-state index is -0.610. The molecule has 1 aliphatic heterocycles. The first-order chi connectivity index (χ1) is 13.0. The molecule has 27 heavy (non-hydrogen) atoms. The lowest BCUT2D eigenvalue weighted by Gasteiger charge is -2.08. The van der Waals surface area contributed by atoms with E-state index in [1.54, 1.807) is 31.3 Å². The Hall–Kier alpha value is -3.14. The fraction of sp³-hybridized carbons (Fsp3) is 0.235. The van der Waals surface area contributed by atoms with Crippen LogP contribution < -0.4 is 5.32 Å². The molecule has 1 atom stereocenters. The standard InChI is InChI=1S/C17H17N5O4S/c1-22-16(25)11(8-12(23)26-2)27-17(22)21-14-13(18-9-19-14)15(24)20-10-6-4-3-5-7-10/h3-7,9,11H,8H2,1-2H3,(H,18,19)(H,20,24)/t11-/m1/s1. The number of nitrogens with zero attached hydrogens (tertiary/aromatic N) is 3. The van der Waals surface area contributed by atoms with Crippen molar-refractivity contribution in [3.05, 3.63) is 42.4 Å². The van der Waals surface area contributed by atoms with Crippen molar-refractivity contribution >= 4 is 46.2 Å². The maximum atomic E-state index is 12.5. The van der Waals surface area contributed by atoms with Crippen LogP contribution in [0, 0.1) is 0 Å². The number of carbonyl (C=O) groups is 3. The second-order valence-corrected chi connectivity index (χ2v) is 6.77. The fourth-order valence-electron chi connectivity index (χ4n) is 2.38. The summed E-state index contributed by atoms with van der Waals surface area (Å²) in [5, 5.41) is 2.49. The number of nitrogens with one attached hydrogen (secondary N) is 2. The fourth-order valence-corrected chi connectivity index (χ4v) is 3.50. The minimum Gasteiger partial charge on any atom is -0.469 e. The van der Waals surface area contributed by atoms with Crippen LogP contribution in [0.3, 0.4) is 0 Å². The first kappa shape index (κ1) is 18.6. The van der Waals surface area contributed by atoms with Gasteiger partial charge in [0.25, 0.3) is 5.91 Å². The Morgan fingerprint density at radius 2 is 2.11 bits per heavy atom. The maximum Gasteiger partial charge on any atom is 0.307 e. The first-order valence-corrected chi connectivity index (χ1v) is 8.87. The third-order valence-electron chi connectivity index (χ3n) is 3.80. The molecule has 3 rings (SSSR count). The highest BCUT2D eigenvalue weighted by molar-refractivity contribution is 8.15. The van der Waals surface area contributed by atoms with Crippen LogP contribution in [0.1, 0.15) is 16.9 Å². The van der Waals surface area contributed by atoms with E-state index < -0.39 is 17.1 Å². The Balaban J connectivity index is 1.78. The number of thioether (sulfide) groups is 1. The summed E-state index contributed by atoms with van der Waals surface area (Å²) in [5.74, 6) is -0.974. The molecule has 140 valence electrons. The van der Waals surface area contributed by atoms with Gasteiger partial charge in [0.15, 0.2) is 16.7 Å². The van der Waals surface area contributed by atoms with E-state index in [0.29, 0.717) is 10.9 Å². The van der Waals surface area contributed by atoms with Gasteiger partial charge < -0.3 is 15.0 Å². The van der Waals surface area contributed by atoms with E-state index in [2.05, 4.69) is 25.0 Å². The molecule has 1 fully saturated rings. The lowest BCUT2D eigenvalue weighted by molar-refractivity contribution is -0.142. The van der Waals surface area contributed by atoms with Crippen molar-refractivity contribution in [2.75, 3.05) is 19.5 Å². The highest BCUT2D eigenvalue weighted by atomic mass is 32.2. The number of aliphatic imine (C=N–C) groups is 1. The van der Waals surface area contributed by atoms with E-state index in [4.69, 9.17) is 0 Å². The quantitative estimate of drug-likeness (QED) is 0.756. The number of amidine groups is 1. The number of amides is 2. The van der Waals surface area contributed by atoms with Crippen LogP contribution in [-0.4, -0.2) is 57.2 Å². The number of para-hydroxylation sites is 1. The number of imidazole rings is 1. The zero-order valence-electron chi connectivity index (χ0n) is 14.6. The average molecular weight is 387 g/mol. The molecular formula is C17H17N5O4S. The predicted molar refractivity (Wildman–Crippen MR) is 101 cm³/mol. The molecule has 2 heterocycles. The van der Waals surface area contributed by atoms with Gasteiger partial charge in [0, 0.05) is 12.7 Å². The molecule has 1 aromatic carbocycles. The SMILES string of the molecule is COC(=O)C[C@H]1SC(=Nc2nc[nH]c2C(=O)Nc2ccccc2)N(C)C1=O. The molecule has 9 nitrogen and oxygen atoms in total. The van der Waals surface area contributed by atoms with Gasteiger partial charge in [-0.3, -0.25) is 19.3 Å². The van der Waals surface area contributed by atoms with Crippen LogP contribution in [0.25, 0.3) is 0 Å². The van der Waals surface area contributed by atoms with Crippen LogP contribution in [0.15, 0.2) is 41.7 Å². The van der Waals surface area contributed by atoms with Gasteiger partial charge in [-0.15, -0.1) is 0 Å². The molecule has 0 aliphatic carbocycles. The highest BCUT2D eigenvalue weighted by Gasteiger charge is 2.37. The van der Waals surface area contributed by atoms with Gasteiger partial charge in [0.05, 0.1) is 19.9 Å². The minimum absolute atomic E-state index is 0.0503. The van der Waals surface area contributed by atoms with Gasteiger partial charge in [-0.2, -0.15) is 0 Å². The van der Waals surface area contributed by atoms with Gasteiger partial charge in [-0.25, -0.2) is 9.98 Å². The van der Waals surface area contributed by atoms with Crippen molar-refractivity contribution < 1.29 is 19.1 Å². The molecule has 2 N–H and O–H groups in total. The molecular weight excluding hydrogens is 370 g/mol. The van der Waals surface area contributed by atoms with Crippen molar-refractivity contribution in [3.8, 4) is 0 Å². The Bertz CT molecular complexity index is 896. The molecule has 2 aromatic rings. The van der Waals surface area contributed by atoms with Gasteiger partial charge in [0.1, 0.15) is 5.25 Å². The van der Waals surface area contributed by atoms with Gasteiger partial charge >= 0.3 is 5.97 Å². The molecule has 0 radical (unpaired) electrons. The molecule has 0 bridgehead atoms. The zero-order chi connectivity index (χ0) is 19.4. The number of anilines is 1. The molecule has 0 saturated carbocycles. The topological polar surface area (TPSA) is 117 Å². The van der Waals surface area contributed by atoms with Crippen molar-refractivity contribution in [2.45, 2.75) is 11.7 Å². The average Bonchev–Trinajstić information content (AvgIpc) is 3.23. The number of esters is 1. The van der Waals surface area contributed by atoms with E-state index in [1.807, 2.05) is 6.07 Å². The summed E-state index contributed by atoms with van der Waals surface area (Å²) in [6.07, 6.45) is 1.30. The molecule has 0 unspecified atom stereocenters. The monoisotopic (exact) mass is 387 g/mol. The molecule has 1 saturated heterocycles. The van der Waals surface area contributed by atoms with Crippen molar-refractivity contribution in [1.82, 2.24) is 14.9 Å². The van der Waals surface area contributed by atoms with E-state index in [0.717, 1.165) is 11.8 Å². The Morgan fingerprint density at radius 1 is 1.37 bits per heavy atom. The summed E-state index contributed by atoms with van der Waals surface area (Å²) in [4.78, 5) is 48.7. The number of rotatable bonds is 5. The van der Waals surface area contributed by atoms with Crippen LogP contribution in [-0.2, 0) is 14.3 Å². The van der Waals surface area contributed by atoms with Crippen LogP contribution in [0.5, 0.6) is 0 Å². The Morgan fingerprint density at radius 3 is 2.81 bits per heavy atom. The predicted octanol–water partition coefficient (Wildman–Crippen LogP) is 1.79. The molecule has 1 aliphatic rings. The van der Waals surface area contributed by atoms with E-state index >= 15 is 0 Å². The smallest absolute Gasteiger partial charge is 0.307 e. The summed E-state index contributed by atoms with van der Waals surface area (Å²) in [6, 6.07) is 8.98. The van der Waals surface area contributed by atoms with Crippen LogP contribution in [0.2, 0.25) is 0 Å². The van der Waals surface area contributed by atoms with E-state index in [9.17, 15) is 14.4 Å². The summed E-state index contributed by atoms with van der Waals surface area (Å²) in [6.45, 7) is 0. The van der Waals surface area contributed by atoms with Crippen LogP contribution >= 0.6 is 11.8 Å². The second kappa shape index (κ2) is 8.04. The van der Waals surface area contributed by atoms with Crippen molar-refractivity contribution in [2.24, 2.45) is 4.99 Å². The first-order valence-electron chi connectivity index (χ1n) is 7.99. The summed E-state index contributed by atoms with van der Waals surface area (Å²) < 4.78 is 4.61. The number of hydrogen-bond donors (Lipinski definition) is 2. The van der Waals surface area contributed by atoms with Crippen molar-refractivity contribution in [1.29, 1.82) is 0 Å². The lowest BCUT2D eigenvalue weighted by Crippen LogP contribution is -2.29. The number of H-pyrrole nitrogens is 1. The number of carbonyl (C=O) groups excluding carboxylic acids is 3. The zero-order valence-corrected chi connectivity index (χ0v) is 15.4. The lowest BCUT2D eigenvalue weighted by atomic mass is 10.3.